The number of carbonyl (C=O) groups is 1. The second-order valence-electron chi connectivity index (χ2n) is 8.09. The van der Waals surface area contributed by atoms with Gasteiger partial charge in [0, 0.05) is 6.42 Å². The highest BCUT2D eigenvalue weighted by molar-refractivity contribution is 7.46. The van der Waals surface area contributed by atoms with E-state index in [1.54, 1.807) is 13.8 Å². The van der Waals surface area contributed by atoms with E-state index in [2.05, 4.69) is 4.52 Å². The molecular formula is C18H33NO9P-. The van der Waals surface area contributed by atoms with Crippen molar-refractivity contribution in [2.24, 2.45) is 5.73 Å². The molecule has 0 radical (unpaired) electrons. The van der Waals surface area contributed by atoms with E-state index in [1.807, 2.05) is 27.7 Å². The number of ether oxygens (including phenoxy) is 4. The van der Waals surface area contributed by atoms with Crippen molar-refractivity contribution in [3.63, 3.8) is 0 Å². The van der Waals surface area contributed by atoms with E-state index in [0.29, 0.717) is 6.42 Å². The molecule has 0 saturated carbocycles. The van der Waals surface area contributed by atoms with Gasteiger partial charge in [0.1, 0.15) is 12.2 Å². The fourth-order valence-corrected chi connectivity index (χ4v) is 4.32. The second kappa shape index (κ2) is 10.2. The van der Waals surface area contributed by atoms with Gasteiger partial charge in [-0.05, 0) is 41.5 Å². The molecule has 0 aromatic rings. The first kappa shape index (κ1) is 24.7. The molecule has 8 atom stereocenters. The number of phosphoric ester groups is 1. The molecule has 11 heteroatoms. The van der Waals surface area contributed by atoms with Crippen LogP contribution in [0.3, 0.4) is 0 Å². The summed E-state index contributed by atoms with van der Waals surface area (Å²) in [6.45, 7) is 10.9. The van der Waals surface area contributed by atoms with Crippen molar-refractivity contribution < 1.29 is 42.2 Å². The molecule has 2 saturated heterocycles. The quantitative estimate of drug-likeness (QED) is 0.516. The molecule has 0 aliphatic carbocycles. The summed E-state index contributed by atoms with van der Waals surface area (Å²) in [5.74, 6) is -1.08. The van der Waals surface area contributed by atoms with Crippen LogP contribution in [0.1, 0.15) is 48.0 Å². The lowest BCUT2D eigenvalue weighted by Gasteiger charge is -2.30. The predicted molar refractivity (Wildman–Crippen MR) is 101 cm³/mol. The summed E-state index contributed by atoms with van der Waals surface area (Å²) in [6.07, 6.45) is -3.98. The number of rotatable bonds is 9. The molecule has 2 aliphatic rings. The number of hydrogen-bond acceptors (Lipinski definition) is 10. The minimum Gasteiger partial charge on any atom is -0.746 e. The number of carbonyl (C=O) groups excluding carboxylic acids is 1. The smallest absolute Gasteiger partial charge is 0.343 e. The molecular weight excluding hydrogens is 405 g/mol. The minimum atomic E-state index is -5.03. The van der Waals surface area contributed by atoms with Crippen LogP contribution in [0.2, 0.25) is 0 Å². The van der Waals surface area contributed by atoms with Crippen molar-refractivity contribution in [3.8, 4) is 0 Å². The van der Waals surface area contributed by atoms with Gasteiger partial charge < -0.3 is 38.6 Å². The van der Waals surface area contributed by atoms with Crippen LogP contribution < -0.4 is 10.6 Å². The molecule has 2 N–H and O–H groups in total. The maximum Gasteiger partial charge on any atom is 0.343 e. The van der Waals surface area contributed by atoms with Crippen molar-refractivity contribution in [2.75, 3.05) is 6.61 Å². The Morgan fingerprint density at radius 3 is 2.45 bits per heavy atom. The Morgan fingerprint density at radius 1 is 1.21 bits per heavy atom. The Bertz CT molecular complexity index is 602. The van der Waals surface area contributed by atoms with Crippen LogP contribution in [0.25, 0.3) is 0 Å². The SMILES string of the molecule is CC(C)OC[C@H]1O[C@@H](C)C(N)[C@H]1OP(=O)([O-])OC(=O)[C@H]1O[C@@H](C)CC1OC(C)C. The van der Waals surface area contributed by atoms with Gasteiger partial charge in [0.25, 0.3) is 0 Å². The summed E-state index contributed by atoms with van der Waals surface area (Å²) < 4.78 is 44.5. The van der Waals surface area contributed by atoms with Crippen LogP contribution in [-0.4, -0.2) is 67.4 Å². The molecule has 2 rings (SSSR count). The van der Waals surface area contributed by atoms with Crippen molar-refractivity contribution in [1.29, 1.82) is 0 Å². The van der Waals surface area contributed by atoms with Crippen LogP contribution in [-0.2, 0) is 37.4 Å². The molecule has 170 valence electrons. The van der Waals surface area contributed by atoms with E-state index >= 15 is 0 Å². The molecule has 2 fully saturated rings. The lowest BCUT2D eigenvalue weighted by Crippen LogP contribution is -2.43. The molecule has 29 heavy (non-hydrogen) atoms. The summed E-state index contributed by atoms with van der Waals surface area (Å²) in [6, 6.07) is -0.725. The first-order valence-electron chi connectivity index (χ1n) is 9.96. The van der Waals surface area contributed by atoms with Gasteiger partial charge in [-0.25, -0.2) is 4.79 Å². The highest BCUT2D eigenvalue weighted by Crippen LogP contribution is 2.44. The van der Waals surface area contributed by atoms with Crippen molar-refractivity contribution in [2.45, 2.75) is 103 Å². The van der Waals surface area contributed by atoms with E-state index < -0.39 is 50.4 Å². The molecule has 2 aliphatic heterocycles. The maximum atomic E-state index is 12.4. The topological polar surface area (TPSA) is 139 Å². The first-order valence-corrected chi connectivity index (χ1v) is 11.4. The summed E-state index contributed by atoms with van der Waals surface area (Å²) in [5.41, 5.74) is 6.02. The zero-order valence-corrected chi connectivity index (χ0v) is 18.7. The molecule has 0 aromatic heterocycles. The Balaban J connectivity index is 2.01. The van der Waals surface area contributed by atoms with Gasteiger partial charge in [-0.2, -0.15) is 0 Å². The summed E-state index contributed by atoms with van der Waals surface area (Å²) in [5, 5.41) is 0. The normalized spacial score (nSPS) is 37.2. The third-order valence-corrected chi connectivity index (χ3v) is 5.59. The van der Waals surface area contributed by atoms with E-state index in [1.165, 1.54) is 0 Å². The van der Waals surface area contributed by atoms with Crippen LogP contribution in [0.5, 0.6) is 0 Å². The highest BCUT2D eigenvalue weighted by Gasteiger charge is 2.46. The van der Waals surface area contributed by atoms with Gasteiger partial charge >= 0.3 is 13.8 Å². The lowest BCUT2D eigenvalue weighted by atomic mass is 10.1. The fourth-order valence-electron chi connectivity index (χ4n) is 3.38. The summed E-state index contributed by atoms with van der Waals surface area (Å²) in [4.78, 5) is 24.9. The van der Waals surface area contributed by atoms with Gasteiger partial charge in [-0.3, -0.25) is 4.57 Å². The number of phosphoric acid groups is 1. The van der Waals surface area contributed by atoms with E-state index in [0.717, 1.165) is 0 Å². The number of nitrogens with two attached hydrogens (primary N) is 1. The Morgan fingerprint density at radius 2 is 1.86 bits per heavy atom. The van der Waals surface area contributed by atoms with E-state index in [-0.39, 0.29) is 24.9 Å². The van der Waals surface area contributed by atoms with Crippen LogP contribution in [0.15, 0.2) is 0 Å². The standard InChI is InChI=1S/C18H34NO9P/c1-9(2)23-8-14-16(15(19)12(6)26-14)27-29(21,22)28-18(20)17-13(24-10(3)4)7-11(5)25-17/h9-17H,7-8,19H2,1-6H3,(H,21,22)/p-1/t11-,12-,13?,14+,15?,16-,17-/m0/s1. The van der Waals surface area contributed by atoms with Crippen LogP contribution in [0, 0.1) is 0 Å². The van der Waals surface area contributed by atoms with E-state index in [4.69, 9.17) is 29.2 Å². The maximum absolute atomic E-state index is 12.4. The fraction of sp³-hybridized carbons (Fsp3) is 0.944. The van der Waals surface area contributed by atoms with Crippen LogP contribution in [0.4, 0.5) is 0 Å². The average molecular weight is 438 g/mol. The van der Waals surface area contributed by atoms with Crippen molar-refractivity contribution in [3.05, 3.63) is 0 Å². The highest BCUT2D eigenvalue weighted by atomic mass is 31.2. The summed E-state index contributed by atoms with van der Waals surface area (Å²) in [7, 11) is -5.03. The second-order valence-corrected chi connectivity index (χ2v) is 9.38. The molecule has 10 nitrogen and oxygen atoms in total. The molecule has 0 aromatic carbocycles. The Labute approximate surface area is 171 Å². The first-order chi connectivity index (χ1) is 13.4. The Kier molecular flexibility index (Phi) is 8.64. The van der Waals surface area contributed by atoms with Crippen molar-refractivity contribution in [1.82, 2.24) is 0 Å². The molecule has 0 bridgehead atoms. The Hall–Kier alpha value is -0.580. The number of hydrogen-bond donors (Lipinski definition) is 1. The lowest BCUT2D eigenvalue weighted by molar-refractivity contribution is -0.233. The molecule has 0 spiro atoms. The van der Waals surface area contributed by atoms with Gasteiger partial charge in [-0.15, -0.1) is 0 Å². The third kappa shape index (κ3) is 6.97. The zero-order valence-electron chi connectivity index (χ0n) is 17.8. The van der Waals surface area contributed by atoms with Crippen LogP contribution >= 0.6 is 7.82 Å². The van der Waals surface area contributed by atoms with Gasteiger partial charge in [-0.1, -0.05) is 0 Å². The average Bonchev–Trinajstić information content (AvgIpc) is 3.06. The minimum absolute atomic E-state index is 0.0809. The third-order valence-electron chi connectivity index (χ3n) is 4.68. The predicted octanol–water partition coefficient (Wildman–Crippen LogP) is 0.894. The molecule has 2 heterocycles. The summed E-state index contributed by atoms with van der Waals surface area (Å²) >= 11 is 0. The van der Waals surface area contributed by atoms with Gasteiger partial charge in [0.05, 0.1) is 43.2 Å². The zero-order chi connectivity index (χ0) is 21.9. The van der Waals surface area contributed by atoms with Gasteiger partial charge in [0.2, 0.25) is 0 Å². The molecule has 3 unspecified atom stereocenters. The van der Waals surface area contributed by atoms with E-state index in [9.17, 15) is 14.3 Å². The molecule has 0 amide bonds. The largest absolute Gasteiger partial charge is 0.746 e. The van der Waals surface area contributed by atoms with Gasteiger partial charge in [0.15, 0.2) is 6.10 Å². The monoisotopic (exact) mass is 438 g/mol. The van der Waals surface area contributed by atoms with Crippen molar-refractivity contribution >= 4 is 13.8 Å².